The number of nitrogens with one attached hydrogen (secondary N) is 1. The van der Waals surface area contributed by atoms with Crippen LogP contribution < -0.4 is 22.3 Å². The van der Waals surface area contributed by atoms with Gasteiger partial charge in [-0.05, 0) is 42.6 Å². The molecule has 0 atom stereocenters. The molecule has 4 rings (SSSR count). The normalized spacial score (nSPS) is 11.4. The van der Waals surface area contributed by atoms with E-state index in [2.05, 4.69) is 24.4 Å². The molecule has 2 aromatic heterocycles. The van der Waals surface area contributed by atoms with Gasteiger partial charge >= 0.3 is 5.69 Å². The van der Waals surface area contributed by atoms with E-state index < -0.39 is 0 Å². The van der Waals surface area contributed by atoms with Gasteiger partial charge in [0.05, 0.1) is 0 Å². The number of imidazole rings is 1. The molecule has 0 fully saturated rings. The molecule has 4 aromatic rings. The lowest BCUT2D eigenvalue weighted by Crippen LogP contribution is -2.41. The summed E-state index contributed by atoms with van der Waals surface area (Å²) in [7, 11) is 0. The number of nitrogen functional groups attached to an aromatic ring is 1. The molecule has 3 N–H and O–H groups in total. The lowest BCUT2D eigenvalue weighted by atomic mass is 10.1. The van der Waals surface area contributed by atoms with E-state index in [1.807, 2.05) is 54.0 Å². The van der Waals surface area contributed by atoms with Gasteiger partial charge in [0.25, 0.3) is 5.56 Å². The molecule has 0 radical (unpaired) electrons. The second kappa shape index (κ2) is 11.2. The molecule has 35 heavy (non-hydrogen) atoms. The van der Waals surface area contributed by atoms with E-state index in [1.54, 1.807) is 4.57 Å². The second-order valence-corrected chi connectivity index (χ2v) is 8.75. The van der Waals surface area contributed by atoms with Crippen LogP contribution in [0, 0.1) is 0 Å². The van der Waals surface area contributed by atoms with E-state index in [4.69, 9.17) is 10.7 Å². The Bertz CT molecular complexity index is 1400. The van der Waals surface area contributed by atoms with E-state index >= 15 is 0 Å². The molecule has 0 saturated carbocycles. The van der Waals surface area contributed by atoms with E-state index in [-0.39, 0.29) is 11.2 Å². The predicted molar refractivity (Wildman–Crippen MR) is 141 cm³/mol. The van der Waals surface area contributed by atoms with Gasteiger partial charge in [-0.2, -0.15) is 0 Å². The number of aromatic nitrogens is 4. The van der Waals surface area contributed by atoms with Crippen LogP contribution in [0.1, 0.15) is 37.2 Å². The van der Waals surface area contributed by atoms with Crippen molar-refractivity contribution in [3.8, 4) is 0 Å². The summed E-state index contributed by atoms with van der Waals surface area (Å²) < 4.78 is 5.02. The van der Waals surface area contributed by atoms with Crippen molar-refractivity contribution in [2.24, 2.45) is 0 Å². The van der Waals surface area contributed by atoms with Crippen LogP contribution in [0.15, 0.2) is 64.2 Å². The van der Waals surface area contributed by atoms with Crippen LogP contribution in [0.3, 0.4) is 0 Å². The third-order valence-electron chi connectivity index (χ3n) is 6.18. The van der Waals surface area contributed by atoms with Gasteiger partial charge in [-0.25, -0.2) is 9.78 Å². The summed E-state index contributed by atoms with van der Waals surface area (Å²) >= 11 is 0. The Labute approximate surface area is 205 Å². The Morgan fingerprint density at radius 2 is 1.66 bits per heavy atom. The number of benzene rings is 2. The number of aryl methyl sites for hydroxylation is 2. The van der Waals surface area contributed by atoms with Gasteiger partial charge in [0.2, 0.25) is 0 Å². The van der Waals surface area contributed by atoms with Crippen molar-refractivity contribution in [2.75, 3.05) is 18.8 Å². The van der Waals surface area contributed by atoms with Gasteiger partial charge in [-0.3, -0.25) is 13.9 Å². The zero-order chi connectivity index (χ0) is 24.8. The highest BCUT2D eigenvalue weighted by Gasteiger charge is 2.21. The molecule has 0 bridgehead atoms. The summed E-state index contributed by atoms with van der Waals surface area (Å²) in [4.78, 5) is 31.9. The monoisotopic (exact) mass is 474 g/mol. The highest BCUT2D eigenvalue weighted by atomic mass is 16.2. The van der Waals surface area contributed by atoms with Crippen LogP contribution in [0.2, 0.25) is 0 Å². The number of nitrogens with zero attached hydrogens (tertiary/aromatic N) is 4. The average Bonchev–Trinajstić information content (AvgIpc) is 3.20. The maximum Gasteiger partial charge on any atom is 0.332 e. The lowest BCUT2D eigenvalue weighted by Gasteiger charge is -2.13. The molecular weight excluding hydrogens is 440 g/mol. The number of hydrogen-bond acceptors (Lipinski definition) is 5. The zero-order valence-corrected chi connectivity index (χ0v) is 20.5. The molecule has 0 amide bonds. The summed E-state index contributed by atoms with van der Waals surface area (Å²) in [5.74, 6) is 0.785. The fourth-order valence-corrected chi connectivity index (χ4v) is 4.47. The topological polar surface area (TPSA) is 99.9 Å². The molecular formula is C27H34N6O2. The smallest absolute Gasteiger partial charge is 0.332 e. The van der Waals surface area contributed by atoms with E-state index in [0.29, 0.717) is 62.3 Å². The Morgan fingerprint density at radius 3 is 2.37 bits per heavy atom. The van der Waals surface area contributed by atoms with E-state index in [9.17, 15) is 9.59 Å². The van der Waals surface area contributed by atoms with Crippen LogP contribution in [0.5, 0.6) is 0 Å². The van der Waals surface area contributed by atoms with Crippen molar-refractivity contribution >= 4 is 16.9 Å². The Balaban J connectivity index is 1.87. The molecule has 0 aliphatic heterocycles. The number of hydrogen-bond donors (Lipinski definition) is 2. The van der Waals surface area contributed by atoms with Gasteiger partial charge < -0.3 is 15.6 Å². The first kappa shape index (κ1) is 24.5. The summed E-state index contributed by atoms with van der Waals surface area (Å²) in [5.41, 5.74) is 9.16. The molecule has 0 spiro atoms. The van der Waals surface area contributed by atoms with Crippen molar-refractivity contribution < 1.29 is 0 Å². The molecule has 0 aliphatic rings. The third kappa shape index (κ3) is 5.38. The van der Waals surface area contributed by atoms with Crippen LogP contribution in [0.4, 0.5) is 5.69 Å². The van der Waals surface area contributed by atoms with Crippen LogP contribution in [0.25, 0.3) is 11.2 Å². The third-order valence-corrected chi connectivity index (χ3v) is 6.18. The van der Waals surface area contributed by atoms with E-state index in [0.717, 1.165) is 23.5 Å². The zero-order valence-electron chi connectivity index (χ0n) is 20.5. The van der Waals surface area contributed by atoms with Crippen molar-refractivity contribution in [1.82, 2.24) is 24.0 Å². The maximum absolute atomic E-state index is 13.6. The minimum Gasteiger partial charge on any atom is -0.399 e. The highest BCUT2D eigenvalue weighted by molar-refractivity contribution is 5.71. The van der Waals surface area contributed by atoms with Crippen LogP contribution in [-0.4, -0.2) is 31.8 Å². The molecule has 8 nitrogen and oxygen atoms in total. The van der Waals surface area contributed by atoms with Gasteiger partial charge in [0, 0.05) is 38.3 Å². The maximum atomic E-state index is 13.6. The largest absolute Gasteiger partial charge is 0.399 e. The summed E-state index contributed by atoms with van der Waals surface area (Å²) in [6.07, 6.45) is 1.89. The Kier molecular flexibility index (Phi) is 7.82. The molecule has 0 saturated heterocycles. The summed E-state index contributed by atoms with van der Waals surface area (Å²) in [5, 5.41) is 3.34. The molecule has 184 valence electrons. The van der Waals surface area contributed by atoms with Gasteiger partial charge in [0.1, 0.15) is 5.82 Å². The number of likely N-dealkylation sites (N-methyl/N-ethyl adjacent to an activating group) is 1. The number of fused-ring (bicyclic) bond motifs is 1. The first-order chi connectivity index (χ1) is 17.0. The van der Waals surface area contributed by atoms with Crippen molar-refractivity contribution in [1.29, 1.82) is 0 Å². The van der Waals surface area contributed by atoms with Crippen molar-refractivity contribution in [3.63, 3.8) is 0 Å². The summed E-state index contributed by atoms with van der Waals surface area (Å²) in [6, 6.07) is 17.7. The fourth-order valence-electron chi connectivity index (χ4n) is 4.47. The lowest BCUT2D eigenvalue weighted by molar-refractivity contribution is 0.555. The second-order valence-electron chi connectivity index (χ2n) is 8.75. The van der Waals surface area contributed by atoms with Gasteiger partial charge in [0.15, 0.2) is 11.2 Å². The average molecular weight is 475 g/mol. The molecule has 8 heteroatoms. The SMILES string of the molecule is CCCn1c(=O)c2c(nc(Cc3ccccc3)n2CCNCC)n(CCc2cccc(N)c2)c1=O. The first-order valence-corrected chi connectivity index (χ1v) is 12.3. The number of rotatable bonds is 11. The molecule has 2 aromatic carbocycles. The first-order valence-electron chi connectivity index (χ1n) is 12.3. The fraction of sp³-hybridized carbons (Fsp3) is 0.370. The molecule has 0 aliphatic carbocycles. The number of anilines is 1. The quantitative estimate of drug-likeness (QED) is 0.257. The van der Waals surface area contributed by atoms with Gasteiger partial charge in [-0.1, -0.05) is 56.3 Å². The predicted octanol–water partition coefficient (Wildman–Crippen LogP) is 2.79. The minimum absolute atomic E-state index is 0.268. The number of nitrogens with two attached hydrogens (primary N) is 1. The van der Waals surface area contributed by atoms with Crippen LogP contribution >= 0.6 is 0 Å². The Hall–Kier alpha value is -3.65. The molecule has 2 heterocycles. The Morgan fingerprint density at radius 1 is 0.886 bits per heavy atom. The van der Waals surface area contributed by atoms with Crippen LogP contribution in [-0.2, 0) is 32.5 Å². The van der Waals surface area contributed by atoms with Crippen molar-refractivity contribution in [3.05, 3.63) is 92.4 Å². The minimum atomic E-state index is -0.309. The summed E-state index contributed by atoms with van der Waals surface area (Å²) in [6.45, 7) is 6.96. The standard InChI is InChI=1S/C27H34N6O2/c1-3-15-33-26(34)24-25(32(27(33)35)16-13-21-11-8-12-22(28)18-21)30-23(31(24)17-14-29-4-2)19-20-9-6-5-7-10-20/h5-12,18,29H,3-4,13-17,19,28H2,1-2H3. The van der Waals surface area contributed by atoms with Gasteiger partial charge in [-0.15, -0.1) is 0 Å². The molecule has 0 unspecified atom stereocenters. The highest BCUT2D eigenvalue weighted by Crippen LogP contribution is 2.17. The van der Waals surface area contributed by atoms with E-state index in [1.165, 1.54) is 4.57 Å². The van der Waals surface area contributed by atoms with Crippen molar-refractivity contribution in [2.45, 2.75) is 52.7 Å².